The summed E-state index contributed by atoms with van der Waals surface area (Å²) >= 11 is 1.35. The van der Waals surface area contributed by atoms with Crippen LogP contribution in [0.2, 0.25) is 0 Å². The van der Waals surface area contributed by atoms with Crippen LogP contribution in [-0.2, 0) is 3.07 Å². The maximum atomic E-state index is 12.3. The zero-order valence-corrected chi connectivity index (χ0v) is 9.18. The van der Waals surface area contributed by atoms with Crippen LogP contribution in [0, 0.1) is 0 Å². The third-order valence-corrected chi connectivity index (χ3v) is 1.98. The van der Waals surface area contributed by atoms with E-state index in [0.29, 0.717) is 0 Å². The Balaban J connectivity index is 2.98. The highest BCUT2D eigenvalue weighted by molar-refractivity contribution is 14.1. The van der Waals surface area contributed by atoms with Gasteiger partial charge in [0, 0.05) is 0 Å². The normalized spacial score (nSPS) is 12.9. The molecule has 1 aromatic heterocycles. The lowest BCUT2D eigenvalue weighted by Gasteiger charge is -2.11. The predicted molar refractivity (Wildman–Crippen MR) is 50.2 cm³/mol. The minimum absolute atomic E-state index is 0.229. The molecule has 78 valence electrons. The maximum Gasteiger partial charge on any atom is 0.385 e. The highest BCUT2D eigenvalue weighted by atomic mass is 127. The lowest BCUT2D eigenvalue weighted by Crippen LogP contribution is -2.20. The van der Waals surface area contributed by atoms with Gasteiger partial charge in [0.15, 0.2) is 23.0 Å². The fourth-order valence-corrected chi connectivity index (χ4v) is 1.03. The van der Waals surface area contributed by atoms with E-state index in [9.17, 15) is 13.6 Å². The van der Waals surface area contributed by atoms with Crippen molar-refractivity contribution in [2.75, 3.05) is 0 Å². The average molecular weight is 317 g/mol. The molecule has 0 aliphatic rings. The average Bonchev–Trinajstić information content (AvgIpc) is 2.63. The van der Waals surface area contributed by atoms with Crippen LogP contribution in [0.5, 0.6) is 0 Å². The van der Waals surface area contributed by atoms with Crippen molar-refractivity contribution in [3.05, 3.63) is 12.2 Å². The van der Waals surface area contributed by atoms with Crippen LogP contribution in [0.25, 0.3) is 0 Å². The van der Waals surface area contributed by atoms with Gasteiger partial charge >= 0.3 is 5.97 Å². The van der Waals surface area contributed by atoms with Crippen molar-refractivity contribution in [3.8, 4) is 0 Å². The molecule has 0 aliphatic carbocycles. The van der Waals surface area contributed by atoms with Crippen molar-refractivity contribution in [2.24, 2.45) is 0 Å². The highest BCUT2D eigenvalue weighted by Gasteiger charge is 2.24. The molecule has 5 nitrogen and oxygen atoms in total. The molecule has 1 heterocycles. The van der Waals surface area contributed by atoms with E-state index in [2.05, 4.69) is 13.1 Å². The van der Waals surface area contributed by atoms with Crippen LogP contribution in [0.15, 0.2) is 6.33 Å². The Morgan fingerprint density at radius 3 is 2.86 bits per heavy atom. The molecule has 1 unspecified atom stereocenters. The van der Waals surface area contributed by atoms with Crippen molar-refractivity contribution >= 4 is 29.0 Å². The molecule has 0 aliphatic heterocycles. The molecule has 0 amide bonds. The minimum atomic E-state index is -2.61. The number of aromatic nitrogens is 3. The molecule has 14 heavy (non-hydrogen) atoms. The SMILES string of the molecule is CC(C(F)F)n1ncnc1C(=O)OI. The summed E-state index contributed by atoms with van der Waals surface area (Å²) in [5.74, 6) is -1.03. The Labute approximate surface area is 92.1 Å². The van der Waals surface area contributed by atoms with E-state index in [-0.39, 0.29) is 5.82 Å². The number of halogens is 3. The lowest BCUT2D eigenvalue weighted by molar-refractivity contribution is 0.0707. The molecule has 0 N–H and O–H groups in total. The maximum absolute atomic E-state index is 12.3. The fourth-order valence-electron chi connectivity index (χ4n) is 0.836. The Morgan fingerprint density at radius 2 is 2.36 bits per heavy atom. The molecule has 0 spiro atoms. The molecule has 0 radical (unpaired) electrons. The van der Waals surface area contributed by atoms with E-state index in [0.717, 1.165) is 11.0 Å². The fraction of sp³-hybridized carbons (Fsp3) is 0.500. The molecule has 0 bridgehead atoms. The van der Waals surface area contributed by atoms with E-state index < -0.39 is 18.4 Å². The number of hydrogen-bond acceptors (Lipinski definition) is 4. The van der Waals surface area contributed by atoms with Crippen LogP contribution >= 0.6 is 23.0 Å². The molecular weight excluding hydrogens is 311 g/mol. The summed E-state index contributed by atoms with van der Waals surface area (Å²) in [5.41, 5.74) is 0. The number of carbonyl (C=O) groups is 1. The van der Waals surface area contributed by atoms with E-state index in [1.807, 2.05) is 0 Å². The van der Waals surface area contributed by atoms with Crippen LogP contribution in [0.3, 0.4) is 0 Å². The van der Waals surface area contributed by atoms with Crippen molar-refractivity contribution in [2.45, 2.75) is 19.4 Å². The molecule has 0 aromatic carbocycles. The number of hydrogen-bond donors (Lipinski definition) is 0. The van der Waals surface area contributed by atoms with Crippen molar-refractivity contribution in [3.63, 3.8) is 0 Å². The first-order valence-electron chi connectivity index (χ1n) is 3.58. The van der Waals surface area contributed by atoms with Gasteiger partial charge in [-0.3, -0.25) is 0 Å². The van der Waals surface area contributed by atoms with E-state index in [1.54, 1.807) is 0 Å². The standard InChI is InChI=1S/C6H6F2IN3O2/c1-3(4(7)8)12-5(6(13)14-9)10-2-11-12/h2-4H,1H3. The smallest absolute Gasteiger partial charge is 0.385 e. The molecule has 1 aromatic rings. The third kappa shape index (κ3) is 2.16. The minimum Gasteiger partial charge on any atom is -0.389 e. The van der Waals surface area contributed by atoms with Gasteiger partial charge in [-0.25, -0.2) is 23.2 Å². The highest BCUT2D eigenvalue weighted by Crippen LogP contribution is 2.16. The second-order valence-corrected chi connectivity index (χ2v) is 2.91. The molecule has 0 saturated heterocycles. The van der Waals surface area contributed by atoms with E-state index in [4.69, 9.17) is 0 Å². The van der Waals surface area contributed by atoms with Gasteiger partial charge in [0.25, 0.3) is 6.43 Å². The molecule has 0 saturated carbocycles. The number of carbonyl (C=O) groups excluding carboxylic acids is 1. The summed E-state index contributed by atoms with van der Waals surface area (Å²) in [6, 6.07) is -1.21. The number of alkyl halides is 2. The van der Waals surface area contributed by atoms with Crippen LogP contribution in [0.4, 0.5) is 8.78 Å². The predicted octanol–water partition coefficient (Wildman–Crippen LogP) is 1.61. The van der Waals surface area contributed by atoms with Crippen molar-refractivity contribution in [1.82, 2.24) is 14.8 Å². The Bertz CT molecular complexity index is 331. The molecule has 8 heteroatoms. The van der Waals surface area contributed by atoms with Gasteiger partial charge in [-0.1, -0.05) is 0 Å². The molecule has 1 atom stereocenters. The molecular formula is C6H6F2IN3O2. The van der Waals surface area contributed by atoms with E-state index >= 15 is 0 Å². The number of rotatable bonds is 3. The van der Waals surface area contributed by atoms with Crippen LogP contribution in [0.1, 0.15) is 23.6 Å². The van der Waals surface area contributed by atoms with Crippen molar-refractivity contribution in [1.29, 1.82) is 0 Å². The van der Waals surface area contributed by atoms with Gasteiger partial charge in [0.1, 0.15) is 12.4 Å². The molecule has 0 fully saturated rings. The summed E-state index contributed by atoms with van der Waals surface area (Å²) < 4.78 is 29.8. The second-order valence-electron chi connectivity index (χ2n) is 2.47. The zero-order chi connectivity index (χ0) is 10.7. The van der Waals surface area contributed by atoms with Gasteiger partial charge in [-0.15, -0.1) is 0 Å². The van der Waals surface area contributed by atoms with Crippen LogP contribution in [-0.4, -0.2) is 27.2 Å². The van der Waals surface area contributed by atoms with Gasteiger partial charge in [-0.2, -0.15) is 5.10 Å². The van der Waals surface area contributed by atoms with Crippen LogP contribution < -0.4 is 0 Å². The van der Waals surface area contributed by atoms with Gasteiger partial charge in [0.2, 0.25) is 5.82 Å². The Kier molecular flexibility index (Phi) is 3.72. The van der Waals surface area contributed by atoms with E-state index in [1.165, 1.54) is 29.9 Å². The van der Waals surface area contributed by atoms with Gasteiger partial charge < -0.3 is 3.07 Å². The largest absolute Gasteiger partial charge is 0.389 e. The molecule has 1 rings (SSSR count). The summed E-state index contributed by atoms with van der Waals surface area (Å²) in [4.78, 5) is 14.6. The summed E-state index contributed by atoms with van der Waals surface area (Å²) in [6.07, 6.45) is -1.58. The first-order valence-corrected chi connectivity index (χ1v) is 4.46. The summed E-state index contributed by atoms with van der Waals surface area (Å²) in [7, 11) is 0. The third-order valence-electron chi connectivity index (χ3n) is 1.58. The lowest BCUT2D eigenvalue weighted by atomic mass is 10.3. The summed E-state index contributed by atoms with van der Waals surface area (Å²) in [5, 5.41) is 3.53. The first kappa shape index (κ1) is 11.3. The Morgan fingerprint density at radius 1 is 1.71 bits per heavy atom. The van der Waals surface area contributed by atoms with Gasteiger partial charge in [-0.05, 0) is 6.92 Å². The summed E-state index contributed by atoms with van der Waals surface area (Å²) in [6.45, 7) is 1.24. The topological polar surface area (TPSA) is 57.0 Å². The second kappa shape index (κ2) is 4.62. The zero-order valence-electron chi connectivity index (χ0n) is 7.02. The van der Waals surface area contributed by atoms with Gasteiger partial charge in [0.05, 0.1) is 0 Å². The monoisotopic (exact) mass is 317 g/mol. The first-order chi connectivity index (χ1) is 6.57. The van der Waals surface area contributed by atoms with Crippen molar-refractivity contribution < 1.29 is 16.6 Å². The number of nitrogens with zero attached hydrogens (tertiary/aromatic N) is 3. The quantitative estimate of drug-likeness (QED) is 0.795. The Hall–Kier alpha value is -0.800.